The number of alkyl halides is 3. The highest BCUT2D eigenvalue weighted by Crippen LogP contribution is 2.20. The second-order valence-electron chi connectivity index (χ2n) is 8.40. The van der Waals surface area contributed by atoms with E-state index in [9.17, 15) is 32.3 Å². The van der Waals surface area contributed by atoms with Crippen LogP contribution in [0.25, 0.3) is 0 Å². The molecular weight excluding hydrogens is 451 g/mol. The van der Waals surface area contributed by atoms with E-state index in [4.69, 9.17) is 9.47 Å². The van der Waals surface area contributed by atoms with E-state index in [-0.39, 0.29) is 37.9 Å². The fourth-order valence-electron chi connectivity index (χ4n) is 3.56. The number of hydrogen-bond acceptors (Lipinski definition) is 7. The van der Waals surface area contributed by atoms with Gasteiger partial charge in [0.05, 0.1) is 25.9 Å². The Morgan fingerprint density at radius 1 is 1.18 bits per heavy atom. The second-order valence-corrected chi connectivity index (χ2v) is 8.40. The molecule has 0 spiro atoms. The summed E-state index contributed by atoms with van der Waals surface area (Å²) >= 11 is 0. The molecule has 10 nitrogen and oxygen atoms in total. The molecule has 0 aromatic rings. The molecule has 13 heteroatoms. The highest BCUT2D eigenvalue weighted by molar-refractivity contribution is 5.94. The summed E-state index contributed by atoms with van der Waals surface area (Å²) in [7, 11) is 0. The molecule has 0 saturated carbocycles. The van der Waals surface area contributed by atoms with E-state index in [1.54, 1.807) is 0 Å². The molecule has 2 aliphatic rings. The van der Waals surface area contributed by atoms with Crippen molar-refractivity contribution in [1.29, 1.82) is 0 Å². The van der Waals surface area contributed by atoms with E-state index >= 15 is 0 Å². The van der Waals surface area contributed by atoms with Gasteiger partial charge in [0.1, 0.15) is 12.6 Å². The van der Waals surface area contributed by atoms with E-state index in [0.717, 1.165) is 0 Å². The highest BCUT2D eigenvalue weighted by Gasteiger charge is 2.36. The van der Waals surface area contributed by atoms with Gasteiger partial charge >= 0.3 is 6.36 Å². The van der Waals surface area contributed by atoms with Gasteiger partial charge in [-0.25, -0.2) is 0 Å². The molecule has 4 atom stereocenters. The summed E-state index contributed by atoms with van der Waals surface area (Å²) in [5.41, 5.74) is 0. The van der Waals surface area contributed by atoms with Gasteiger partial charge in [-0.3, -0.25) is 23.9 Å². The van der Waals surface area contributed by atoms with Gasteiger partial charge in [-0.05, 0) is 25.2 Å². The van der Waals surface area contributed by atoms with Crippen LogP contribution in [-0.2, 0) is 33.4 Å². The number of ketones is 1. The van der Waals surface area contributed by atoms with Crippen LogP contribution in [-0.4, -0.2) is 81.0 Å². The van der Waals surface area contributed by atoms with Gasteiger partial charge in [-0.1, -0.05) is 13.8 Å². The number of ether oxygens (including phenoxy) is 3. The van der Waals surface area contributed by atoms with Crippen LogP contribution in [0, 0.1) is 11.8 Å². The Hall–Kier alpha value is -2.25. The van der Waals surface area contributed by atoms with Crippen LogP contribution >= 0.6 is 0 Å². The standard InChI is InChI=1S/C20H30F3N3O7/c1-11(2)7-14(26-19(30)16-10-31-5-6-32-16)18(29)25-13(8-12-3-4-24-17(12)28)15(27)9-33-20(21,22)23/h11-14,16H,3-10H2,1-2H3,(H,24,28)(H,25,29)(H,26,30)/t12-,13-,14-,16?/m0/s1. The minimum Gasteiger partial charge on any atom is -0.376 e. The Balaban J connectivity index is 2.09. The zero-order valence-corrected chi connectivity index (χ0v) is 18.5. The SMILES string of the molecule is CC(C)C[C@H](NC(=O)C1COCCO1)C(=O)N[C@@H](C[C@@H]1CCNC1=O)C(=O)COC(F)(F)F. The summed E-state index contributed by atoms with van der Waals surface area (Å²) in [5.74, 6) is -3.38. The Labute approximate surface area is 189 Å². The number of carbonyl (C=O) groups excluding carboxylic acids is 4. The van der Waals surface area contributed by atoms with Crippen LogP contribution in [0.4, 0.5) is 13.2 Å². The maximum atomic E-state index is 13.0. The molecule has 0 aromatic heterocycles. The van der Waals surface area contributed by atoms with Gasteiger partial charge in [0, 0.05) is 12.5 Å². The van der Waals surface area contributed by atoms with Crippen LogP contribution in [0.15, 0.2) is 0 Å². The van der Waals surface area contributed by atoms with Gasteiger partial charge in [0.25, 0.3) is 5.91 Å². The number of halogens is 3. The quantitative estimate of drug-likeness (QED) is 0.380. The van der Waals surface area contributed by atoms with Crippen LogP contribution < -0.4 is 16.0 Å². The maximum absolute atomic E-state index is 13.0. The van der Waals surface area contributed by atoms with Gasteiger partial charge in [0.2, 0.25) is 11.8 Å². The molecule has 2 aliphatic heterocycles. The third-order valence-corrected chi connectivity index (χ3v) is 5.21. The lowest BCUT2D eigenvalue weighted by Crippen LogP contribution is -2.55. The summed E-state index contributed by atoms with van der Waals surface area (Å²) in [6, 6.07) is -2.46. The maximum Gasteiger partial charge on any atom is 0.522 e. The number of amides is 3. The third-order valence-electron chi connectivity index (χ3n) is 5.21. The molecule has 2 rings (SSSR count). The average molecular weight is 481 g/mol. The van der Waals surface area contributed by atoms with Gasteiger partial charge in [0.15, 0.2) is 11.9 Å². The van der Waals surface area contributed by atoms with E-state index < -0.39 is 54.7 Å². The molecule has 2 fully saturated rings. The highest BCUT2D eigenvalue weighted by atomic mass is 19.4. The third kappa shape index (κ3) is 9.26. The fourth-order valence-corrected chi connectivity index (χ4v) is 3.56. The molecule has 2 saturated heterocycles. The summed E-state index contributed by atoms with van der Waals surface area (Å²) in [5, 5.41) is 7.55. The van der Waals surface area contributed by atoms with E-state index in [1.807, 2.05) is 13.8 Å². The number of hydrogen-bond donors (Lipinski definition) is 3. The predicted octanol–water partition coefficient (Wildman–Crippen LogP) is 0.0492. The fraction of sp³-hybridized carbons (Fsp3) is 0.800. The largest absolute Gasteiger partial charge is 0.522 e. The van der Waals surface area contributed by atoms with Crippen molar-refractivity contribution < 1.29 is 46.6 Å². The average Bonchev–Trinajstić information content (AvgIpc) is 3.15. The number of Topliss-reactive ketones (excluding diaryl/α,β-unsaturated/α-hetero) is 1. The summed E-state index contributed by atoms with van der Waals surface area (Å²) in [4.78, 5) is 49.8. The predicted molar refractivity (Wildman–Crippen MR) is 107 cm³/mol. The van der Waals surface area contributed by atoms with E-state index in [2.05, 4.69) is 20.7 Å². The first-order valence-corrected chi connectivity index (χ1v) is 10.8. The normalized spacial score (nSPS) is 23.0. The molecule has 0 aromatic carbocycles. The zero-order chi connectivity index (χ0) is 24.6. The van der Waals surface area contributed by atoms with E-state index in [1.165, 1.54) is 0 Å². The Morgan fingerprint density at radius 3 is 2.45 bits per heavy atom. The molecule has 33 heavy (non-hydrogen) atoms. The summed E-state index contributed by atoms with van der Waals surface area (Å²) < 4.78 is 51.3. The summed E-state index contributed by atoms with van der Waals surface area (Å²) in [6.07, 6.45) is -5.52. The molecule has 188 valence electrons. The topological polar surface area (TPSA) is 132 Å². The van der Waals surface area contributed by atoms with Crippen molar-refractivity contribution in [2.45, 2.75) is 57.7 Å². The first-order chi connectivity index (χ1) is 15.5. The van der Waals surface area contributed by atoms with Crippen molar-refractivity contribution in [3.05, 3.63) is 0 Å². The molecular formula is C20H30F3N3O7. The minimum absolute atomic E-state index is 0.0224. The van der Waals surface area contributed by atoms with Gasteiger partial charge in [-0.15, -0.1) is 13.2 Å². The number of nitrogens with one attached hydrogen (secondary N) is 3. The van der Waals surface area contributed by atoms with Crippen molar-refractivity contribution in [3.63, 3.8) is 0 Å². The van der Waals surface area contributed by atoms with E-state index in [0.29, 0.717) is 19.6 Å². The summed E-state index contributed by atoms with van der Waals surface area (Å²) in [6.45, 7) is 3.28. The lowest BCUT2D eigenvalue weighted by atomic mass is 9.95. The molecule has 0 radical (unpaired) electrons. The molecule has 0 aliphatic carbocycles. The van der Waals surface area contributed by atoms with Crippen LogP contribution in [0.2, 0.25) is 0 Å². The minimum atomic E-state index is -5.02. The first kappa shape index (κ1) is 27.0. The molecule has 3 N–H and O–H groups in total. The molecule has 2 heterocycles. The second kappa shape index (κ2) is 12.3. The Bertz CT molecular complexity index is 712. The Kier molecular flexibility index (Phi) is 10.0. The van der Waals surface area contributed by atoms with Crippen molar-refractivity contribution in [2.24, 2.45) is 11.8 Å². The molecule has 1 unspecified atom stereocenters. The lowest BCUT2D eigenvalue weighted by Gasteiger charge is -2.27. The molecule has 0 bridgehead atoms. The monoisotopic (exact) mass is 481 g/mol. The van der Waals surface area contributed by atoms with Crippen LogP contribution in [0.1, 0.15) is 33.1 Å². The van der Waals surface area contributed by atoms with Crippen molar-refractivity contribution in [2.75, 3.05) is 33.0 Å². The van der Waals surface area contributed by atoms with Crippen molar-refractivity contribution in [1.82, 2.24) is 16.0 Å². The van der Waals surface area contributed by atoms with Crippen LogP contribution in [0.3, 0.4) is 0 Å². The molecule has 3 amide bonds. The smallest absolute Gasteiger partial charge is 0.376 e. The van der Waals surface area contributed by atoms with Gasteiger partial charge in [-0.2, -0.15) is 0 Å². The van der Waals surface area contributed by atoms with Crippen molar-refractivity contribution in [3.8, 4) is 0 Å². The van der Waals surface area contributed by atoms with Gasteiger partial charge < -0.3 is 25.4 Å². The first-order valence-electron chi connectivity index (χ1n) is 10.8. The lowest BCUT2D eigenvalue weighted by molar-refractivity contribution is -0.321. The zero-order valence-electron chi connectivity index (χ0n) is 18.5. The number of rotatable bonds is 11. The van der Waals surface area contributed by atoms with Crippen molar-refractivity contribution >= 4 is 23.5 Å². The Morgan fingerprint density at radius 2 is 1.91 bits per heavy atom. The van der Waals surface area contributed by atoms with Crippen LogP contribution in [0.5, 0.6) is 0 Å². The number of carbonyl (C=O) groups is 4.